The van der Waals surface area contributed by atoms with Crippen LogP contribution in [0.5, 0.6) is 0 Å². The Morgan fingerprint density at radius 2 is 1.93 bits per heavy atom. The Bertz CT molecular complexity index is 958. The minimum Gasteiger partial charge on any atom is -0.481 e. The van der Waals surface area contributed by atoms with E-state index in [1.54, 1.807) is 18.2 Å². The third-order valence-electron chi connectivity index (χ3n) is 4.10. The Kier molecular flexibility index (Phi) is 5.75. The SMILES string of the molecule is CC(=O)OC1N=C(c2ccccc2)c2cc(Cl)ccc2N(CCC(=O)O)C1=O. The lowest BCUT2D eigenvalue weighted by Crippen LogP contribution is -2.41. The van der Waals surface area contributed by atoms with Crippen LogP contribution in [0.25, 0.3) is 0 Å². The second-order valence-corrected chi connectivity index (χ2v) is 6.54. The first-order valence-electron chi connectivity index (χ1n) is 8.50. The molecule has 1 amide bonds. The molecule has 2 aromatic carbocycles. The maximum absolute atomic E-state index is 13.0. The molecule has 0 radical (unpaired) electrons. The van der Waals surface area contributed by atoms with Gasteiger partial charge < -0.3 is 14.7 Å². The van der Waals surface area contributed by atoms with Crippen LogP contribution < -0.4 is 4.90 Å². The van der Waals surface area contributed by atoms with E-state index < -0.39 is 24.1 Å². The number of esters is 1. The highest BCUT2D eigenvalue weighted by Crippen LogP contribution is 2.31. The van der Waals surface area contributed by atoms with Gasteiger partial charge in [-0.05, 0) is 18.2 Å². The lowest BCUT2D eigenvalue weighted by Gasteiger charge is -2.24. The lowest BCUT2D eigenvalue weighted by molar-refractivity contribution is -0.152. The maximum Gasteiger partial charge on any atom is 0.305 e. The molecule has 1 heterocycles. The highest BCUT2D eigenvalue weighted by molar-refractivity contribution is 6.32. The number of benzodiazepines with no additional fused rings is 1. The zero-order valence-corrected chi connectivity index (χ0v) is 15.7. The number of nitrogens with zero attached hydrogens (tertiary/aromatic N) is 2. The lowest BCUT2D eigenvalue weighted by atomic mass is 10.00. The van der Waals surface area contributed by atoms with Crippen LogP contribution in [-0.4, -0.2) is 41.4 Å². The molecule has 0 saturated heterocycles. The van der Waals surface area contributed by atoms with E-state index in [1.807, 2.05) is 30.3 Å². The molecular weight excluding hydrogens is 384 g/mol. The smallest absolute Gasteiger partial charge is 0.305 e. The number of fused-ring (bicyclic) bond motifs is 1. The van der Waals surface area contributed by atoms with Crippen LogP contribution in [0, 0.1) is 0 Å². The van der Waals surface area contributed by atoms with Gasteiger partial charge in [0, 0.05) is 29.6 Å². The van der Waals surface area contributed by atoms with Crippen LogP contribution in [0.4, 0.5) is 5.69 Å². The summed E-state index contributed by atoms with van der Waals surface area (Å²) < 4.78 is 5.14. The van der Waals surface area contributed by atoms with Gasteiger partial charge in [0.05, 0.1) is 17.8 Å². The Morgan fingerprint density at radius 3 is 2.57 bits per heavy atom. The number of anilines is 1. The second-order valence-electron chi connectivity index (χ2n) is 6.10. The second kappa shape index (κ2) is 8.22. The van der Waals surface area contributed by atoms with Crippen LogP contribution in [0.15, 0.2) is 53.5 Å². The first-order valence-corrected chi connectivity index (χ1v) is 8.88. The molecule has 28 heavy (non-hydrogen) atoms. The van der Waals surface area contributed by atoms with Crippen molar-refractivity contribution in [2.24, 2.45) is 4.99 Å². The topological polar surface area (TPSA) is 96.3 Å². The molecule has 1 atom stereocenters. The molecule has 1 N–H and O–H groups in total. The summed E-state index contributed by atoms with van der Waals surface area (Å²) >= 11 is 6.18. The monoisotopic (exact) mass is 400 g/mol. The summed E-state index contributed by atoms with van der Waals surface area (Å²) in [5, 5.41) is 9.49. The highest BCUT2D eigenvalue weighted by Gasteiger charge is 2.34. The number of carbonyl (C=O) groups is 3. The van der Waals surface area contributed by atoms with Crippen LogP contribution in [-0.2, 0) is 19.1 Å². The number of ether oxygens (including phenoxy) is 1. The minimum atomic E-state index is -1.42. The molecule has 0 spiro atoms. The zero-order chi connectivity index (χ0) is 20.3. The average Bonchev–Trinajstić information content (AvgIpc) is 2.76. The fraction of sp³-hybridized carbons (Fsp3) is 0.200. The normalized spacial score (nSPS) is 16.1. The molecule has 8 heteroatoms. The van der Waals surface area contributed by atoms with Crippen molar-refractivity contribution in [3.05, 3.63) is 64.7 Å². The zero-order valence-electron chi connectivity index (χ0n) is 15.0. The van der Waals surface area contributed by atoms with Crippen molar-refractivity contribution in [3.63, 3.8) is 0 Å². The molecule has 1 aliphatic rings. The van der Waals surface area contributed by atoms with E-state index >= 15 is 0 Å². The number of amides is 1. The third kappa shape index (κ3) is 4.20. The summed E-state index contributed by atoms with van der Waals surface area (Å²) in [6.07, 6.45) is -1.70. The van der Waals surface area contributed by atoms with Crippen LogP contribution in [0.2, 0.25) is 5.02 Å². The van der Waals surface area contributed by atoms with Gasteiger partial charge in [-0.2, -0.15) is 0 Å². The van der Waals surface area contributed by atoms with Gasteiger partial charge in [0.25, 0.3) is 12.1 Å². The van der Waals surface area contributed by atoms with Gasteiger partial charge in [0.15, 0.2) is 0 Å². The molecule has 7 nitrogen and oxygen atoms in total. The summed E-state index contributed by atoms with van der Waals surface area (Å²) in [5.74, 6) is -2.34. The molecule has 0 aromatic heterocycles. The summed E-state index contributed by atoms with van der Waals surface area (Å²) in [4.78, 5) is 41.3. The van der Waals surface area contributed by atoms with Crippen molar-refractivity contribution in [2.75, 3.05) is 11.4 Å². The Labute approximate surface area is 166 Å². The van der Waals surface area contributed by atoms with Crippen molar-refractivity contribution in [1.29, 1.82) is 0 Å². The average molecular weight is 401 g/mol. The van der Waals surface area contributed by atoms with Gasteiger partial charge in [0.1, 0.15) is 0 Å². The number of benzene rings is 2. The molecule has 3 rings (SSSR count). The standard InChI is InChI=1S/C20H17ClN2O5/c1-12(24)28-19-20(27)23(10-9-17(25)26)16-8-7-14(21)11-15(16)18(22-19)13-5-3-2-4-6-13/h2-8,11,19H,9-10H2,1H3,(H,25,26). The quantitative estimate of drug-likeness (QED) is 0.778. The molecule has 1 aliphatic heterocycles. The maximum atomic E-state index is 13.0. The van der Waals surface area contributed by atoms with Gasteiger partial charge in [-0.3, -0.25) is 14.4 Å². The molecule has 0 bridgehead atoms. The molecular formula is C20H17ClN2O5. The summed E-state index contributed by atoms with van der Waals surface area (Å²) in [5.41, 5.74) is 2.13. The largest absolute Gasteiger partial charge is 0.481 e. The molecule has 1 unspecified atom stereocenters. The van der Waals surface area contributed by atoms with Gasteiger partial charge >= 0.3 is 11.9 Å². The number of hydrogen-bond donors (Lipinski definition) is 1. The predicted octanol–water partition coefficient (Wildman–Crippen LogP) is 2.89. The number of carboxylic acid groups (broad SMARTS) is 1. The summed E-state index contributed by atoms with van der Waals surface area (Å²) in [6.45, 7) is 1.08. The van der Waals surface area contributed by atoms with Gasteiger partial charge in [-0.15, -0.1) is 0 Å². The highest BCUT2D eigenvalue weighted by atomic mass is 35.5. The number of carboxylic acids is 1. The van der Waals surface area contributed by atoms with E-state index in [9.17, 15) is 14.4 Å². The third-order valence-corrected chi connectivity index (χ3v) is 4.34. The molecule has 144 valence electrons. The number of hydrogen-bond acceptors (Lipinski definition) is 5. The summed E-state index contributed by atoms with van der Waals surface area (Å²) in [6, 6.07) is 14.0. The van der Waals surface area contributed by atoms with Crippen LogP contribution in [0.1, 0.15) is 24.5 Å². The minimum absolute atomic E-state index is 0.0991. The van der Waals surface area contributed by atoms with E-state index in [0.29, 0.717) is 27.5 Å². The molecule has 0 aliphatic carbocycles. The van der Waals surface area contributed by atoms with Crippen molar-refractivity contribution in [2.45, 2.75) is 19.6 Å². The fourth-order valence-electron chi connectivity index (χ4n) is 2.93. The number of halogens is 1. The number of aliphatic imine (C=N–C) groups is 1. The van der Waals surface area contributed by atoms with Gasteiger partial charge in [0.2, 0.25) is 0 Å². The van der Waals surface area contributed by atoms with Crippen LogP contribution in [0.3, 0.4) is 0 Å². The Hall–Kier alpha value is -3.19. The fourth-order valence-corrected chi connectivity index (χ4v) is 3.10. The predicted molar refractivity (Wildman–Crippen MR) is 104 cm³/mol. The molecule has 0 fully saturated rings. The van der Waals surface area contributed by atoms with Gasteiger partial charge in [-0.25, -0.2) is 4.99 Å². The number of carbonyl (C=O) groups excluding carboxylic acids is 2. The number of aliphatic carboxylic acids is 1. The van der Waals surface area contributed by atoms with E-state index in [2.05, 4.69) is 4.99 Å². The van der Waals surface area contributed by atoms with Crippen molar-refractivity contribution >= 4 is 40.8 Å². The Morgan fingerprint density at radius 1 is 1.21 bits per heavy atom. The summed E-state index contributed by atoms with van der Waals surface area (Å²) in [7, 11) is 0. The number of rotatable bonds is 5. The van der Waals surface area contributed by atoms with Crippen molar-refractivity contribution in [3.8, 4) is 0 Å². The first kappa shape index (κ1) is 19.6. The van der Waals surface area contributed by atoms with Gasteiger partial charge in [-0.1, -0.05) is 41.9 Å². The molecule has 0 saturated carbocycles. The van der Waals surface area contributed by atoms with Crippen molar-refractivity contribution in [1.82, 2.24) is 0 Å². The van der Waals surface area contributed by atoms with E-state index in [1.165, 1.54) is 11.8 Å². The Balaban J connectivity index is 2.20. The van der Waals surface area contributed by atoms with Crippen molar-refractivity contribution < 1.29 is 24.2 Å². The van der Waals surface area contributed by atoms with E-state index in [-0.39, 0.29) is 13.0 Å². The molecule has 2 aromatic rings. The van der Waals surface area contributed by atoms with E-state index in [4.69, 9.17) is 21.4 Å². The first-order chi connectivity index (χ1) is 13.4. The van der Waals surface area contributed by atoms with Crippen LogP contribution >= 0.6 is 11.6 Å². The van der Waals surface area contributed by atoms with E-state index in [0.717, 1.165) is 0 Å².